The predicted octanol–water partition coefficient (Wildman–Crippen LogP) is 5.52. The van der Waals surface area contributed by atoms with Crippen molar-refractivity contribution in [1.29, 1.82) is 0 Å². The number of hydrogen-bond donors (Lipinski definition) is 0. The van der Waals surface area contributed by atoms with Crippen LogP contribution < -0.4 is 4.74 Å². The van der Waals surface area contributed by atoms with Gasteiger partial charge in [-0.15, -0.1) is 0 Å². The van der Waals surface area contributed by atoms with E-state index in [1.165, 1.54) is 11.1 Å². The molecule has 2 heteroatoms. The molecule has 24 heavy (non-hydrogen) atoms. The van der Waals surface area contributed by atoms with E-state index in [1.807, 2.05) is 36.4 Å². The van der Waals surface area contributed by atoms with Crippen LogP contribution in [-0.4, -0.2) is 12.9 Å². The molecule has 2 aromatic carbocycles. The van der Waals surface area contributed by atoms with Crippen LogP contribution in [0.25, 0.3) is 0 Å². The van der Waals surface area contributed by atoms with Crippen molar-refractivity contribution in [3.63, 3.8) is 0 Å². The molecule has 0 aliphatic rings. The summed E-state index contributed by atoms with van der Waals surface area (Å²) in [6, 6.07) is 13.6. The van der Waals surface area contributed by atoms with Gasteiger partial charge in [-0.3, -0.25) is 4.79 Å². The smallest absolute Gasteiger partial charge is 0.193 e. The summed E-state index contributed by atoms with van der Waals surface area (Å²) >= 11 is 0. The summed E-state index contributed by atoms with van der Waals surface area (Å²) in [5.74, 6) is 0.805. The molecule has 0 saturated carbocycles. The molecule has 2 aromatic rings. The SMILES string of the molecule is COc1ccc(C(=O)c2cc(C(C)(C)C)cc(C(C)(C)C)c2)cc1. The van der Waals surface area contributed by atoms with E-state index in [1.54, 1.807) is 7.11 Å². The van der Waals surface area contributed by atoms with Gasteiger partial charge in [0.15, 0.2) is 5.78 Å². The van der Waals surface area contributed by atoms with Gasteiger partial charge in [0.1, 0.15) is 5.75 Å². The molecule has 0 atom stereocenters. The summed E-state index contributed by atoms with van der Waals surface area (Å²) in [6.45, 7) is 13.1. The van der Waals surface area contributed by atoms with Gasteiger partial charge >= 0.3 is 0 Å². The summed E-state index contributed by atoms with van der Waals surface area (Å²) in [5, 5.41) is 0. The maximum atomic E-state index is 13.0. The highest BCUT2D eigenvalue weighted by Crippen LogP contribution is 2.31. The average Bonchev–Trinajstić information content (AvgIpc) is 2.52. The van der Waals surface area contributed by atoms with Crippen molar-refractivity contribution in [2.75, 3.05) is 7.11 Å². The van der Waals surface area contributed by atoms with Gasteiger partial charge in [0, 0.05) is 11.1 Å². The number of carbonyl (C=O) groups is 1. The van der Waals surface area contributed by atoms with Crippen LogP contribution in [0, 0.1) is 0 Å². The van der Waals surface area contributed by atoms with E-state index in [9.17, 15) is 4.79 Å². The predicted molar refractivity (Wildman–Crippen MR) is 100 cm³/mol. The Labute approximate surface area is 145 Å². The van der Waals surface area contributed by atoms with Crippen LogP contribution in [0.5, 0.6) is 5.75 Å². The third-order valence-electron chi connectivity index (χ3n) is 4.28. The zero-order chi connectivity index (χ0) is 18.1. The second kappa shape index (κ2) is 6.43. The van der Waals surface area contributed by atoms with Gasteiger partial charge in [0.2, 0.25) is 0 Å². The van der Waals surface area contributed by atoms with Crippen molar-refractivity contribution in [3.8, 4) is 5.75 Å². The van der Waals surface area contributed by atoms with Crippen molar-refractivity contribution < 1.29 is 9.53 Å². The summed E-state index contributed by atoms with van der Waals surface area (Å²) in [4.78, 5) is 13.0. The van der Waals surface area contributed by atoms with E-state index in [2.05, 4.69) is 47.6 Å². The van der Waals surface area contributed by atoms with E-state index in [0.29, 0.717) is 5.56 Å². The molecular weight excluding hydrogens is 296 g/mol. The maximum Gasteiger partial charge on any atom is 0.193 e. The van der Waals surface area contributed by atoms with Gasteiger partial charge in [-0.05, 0) is 58.4 Å². The number of benzene rings is 2. The molecule has 0 aromatic heterocycles. The van der Waals surface area contributed by atoms with E-state index >= 15 is 0 Å². The lowest BCUT2D eigenvalue weighted by Gasteiger charge is -2.26. The summed E-state index contributed by atoms with van der Waals surface area (Å²) in [7, 11) is 1.62. The number of carbonyl (C=O) groups excluding carboxylic acids is 1. The molecule has 0 heterocycles. The lowest BCUT2D eigenvalue weighted by atomic mass is 9.79. The molecule has 0 aliphatic carbocycles. The van der Waals surface area contributed by atoms with Crippen molar-refractivity contribution in [3.05, 3.63) is 64.7 Å². The molecule has 0 aliphatic heterocycles. The van der Waals surface area contributed by atoms with Gasteiger partial charge in [-0.1, -0.05) is 47.6 Å². The zero-order valence-electron chi connectivity index (χ0n) is 15.9. The lowest BCUT2D eigenvalue weighted by Crippen LogP contribution is -2.18. The Morgan fingerprint density at radius 3 is 1.58 bits per heavy atom. The quantitative estimate of drug-likeness (QED) is 0.695. The fraction of sp³-hybridized carbons (Fsp3) is 0.409. The highest BCUT2D eigenvalue weighted by atomic mass is 16.5. The molecule has 0 saturated heterocycles. The first-order valence-electron chi connectivity index (χ1n) is 8.37. The van der Waals surface area contributed by atoms with Gasteiger partial charge in [-0.2, -0.15) is 0 Å². The standard InChI is InChI=1S/C22H28O2/c1-21(2,3)17-12-16(13-18(14-17)22(4,5)6)20(23)15-8-10-19(24-7)11-9-15/h8-14H,1-7H3. The van der Waals surface area contributed by atoms with Crippen LogP contribution in [-0.2, 0) is 10.8 Å². The first-order valence-corrected chi connectivity index (χ1v) is 8.37. The Balaban J connectivity index is 2.53. The summed E-state index contributed by atoms with van der Waals surface area (Å²) in [5.41, 5.74) is 3.80. The van der Waals surface area contributed by atoms with Gasteiger partial charge in [0.05, 0.1) is 7.11 Å². The van der Waals surface area contributed by atoms with Crippen LogP contribution in [0.1, 0.15) is 68.6 Å². The van der Waals surface area contributed by atoms with Crippen LogP contribution in [0.2, 0.25) is 0 Å². The molecule has 0 spiro atoms. The first-order chi connectivity index (χ1) is 11.0. The number of rotatable bonds is 3. The molecule has 128 valence electrons. The molecule has 0 N–H and O–H groups in total. The molecule has 2 rings (SSSR count). The van der Waals surface area contributed by atoms with Crippen LogP contribution in [0.15, 0.2) is 42.5 Å². The fourth-order valence-corrected chi connectivity index (χ4v) is 2.53. The Bertz CT molecular complexity index is 694. The molecule has 0 amide bonds. The molecule has 0 radical (unpaired) electrons. The van der Waals surface area contributed by atoms with Crippen molar-refractivity contribution in [2.24, 2.45) is 0 Å². The van der Waals surface area contributed by atoms with Gasteiger partial charge in [-0.25, -0.2) is 0 Å². The minimum atomic E-state index is -0.00377. The third-order valence-corrected chi connectivity index (χ3v) is 4.28. The number of ether oxygens (including phenoxy) is 1. The largest absolute Gasteiger partial charge is 0.497 e. The second-order valence-electron chi connectivity index (χ2n) is 8.36. The van der Waals surface area contributed by atoms with E-state index in [0.717, 1.165) is 11.3 Å². The minimum Gasteiger partial charge on any atom is -0.497 e. The number of hydrogen-bond acceptors (Lipinski definition) is 2. The topological polar surface area (TPSA) is 26.3 Å². The minimum absolute atomic E-state index is 0.00377. The first kappa shape index (κ1) is 18.3. The second-order valence-corrected chi connectivity index (χ2v) is 8.36. The number of methoxy groups -OCH3 is 1. The van der Waals surface area contributed by atoms with Crippen LogP contribution in [0.3, 0.4) is 0 Å². The summed E-state index contributed by atoms with van der Waals surface area (Å²) in [6.07, 6.45) is 0. The van der Waals surface area contributed by atoms with Crippen molar-refractivity contribution in [1.82, 2.24) is 0 Å². The highest BCUT2D eigenvalue weighted by Gasteiger charge is 2.22. The Morgan fingerprint density at radius 1 is 0.750 bits per heavy atom. The lowest BCUT2D eigenvalue weighted by molar-refractivity contribution is 0.103. The fourth-order valence-electron chi connectivity index (χ4n) is 2.53. The third kappa shape index (κ3) is 4.05. The zero-order valence-corrected chi connectivity index (χ0v) is 15.9. The van der Waals surface area contributed by atoms with Gasteiger partial charge < -0.3 is 4.74 Å². The van der Waals surface area contributed by atoms with Crippen LogP contribution in [0.4, 0.5) is 0 Å². The van der Waals surface area contributed by atoms with Gasteiger partial charge in [0.25, 0.3) is 0 Å². The monoisotopic (exact) mass is 324 g/mol. The van der Waals surface area contributed by atoms with E-state index in [4.69, 9.17) is 4.74 Å². The molecule has 2 nitrogen and oxygen atoms in total. The normalized spacial score (nSPS) is 12.1. The number of ketones is 1. The Hall–Kier alpha value is -2.09. The Morgan fingerprint density at radius 2 is 1.21 bits per heavy atom. The summed E-state index contributed by atoms with van der Waals surface area (Å²) < 4.78 is 5.17. The Kier molecular flexibility index (Phi) is 4.89. The van der Waals surface area contributed by atoms with Crippen molar-refractivity contribution in [2.45, 2.75) is 52.4 Å². The highest BCUT2D eigenvalue weighted by molar-refractivity contribution is 6.09. The maximum absolute atomic E-state index is 13.0. The van der Waals surface area contributed by atoms with E-state index in [-0.39, 0.29) is 16.6 Å². The van der Waals surface area contributed by atoms with E-state index < -0.39 is 0 Å². The van der Waals surface area contributed by atoms with Crippen molar-refractivity contribution >= 4 is 5.78 Å². The molecular formula is C22H28O2. The van der Waals surface area contributed by atoms with Crippen LogP contribution >= 0.6 is 0 Å². The molecule has 0 unspecified atom stereocenters. The average molecular weight is 324 g/mol. The molecule has 0 bridgehead atoms. The molecule has 0 fully saturated rings.